The van der Waals surface area contributed by atoms with Crippen molar-refractivity contribution in [3.8, 4) is 0 Å². The number of amides is 1. The SMILES string of the molecule is CCCC(=O)N(CCOC)Cc1ccsc1. The Kier molecular flexibility index (Phi) is 6.11. The van der Waals surface area contributed by atoms with E-state index in [1.54, 1.807) is 18.4 Å². The number of ether oxygens (including phenoxy) is 1. The molecule has 0 aromatic carbocycles. The third-order valence-electron chi connectivity index (χ3n) is 2.34. The average Bonchev–Trinajstić information content (AvgIpc) is 2.77. The molecule has 1 amide bonds. The molecule has 0 unspecified atom stereocenters. The summed E-state index contributed by atoms with van der Waals surface area (Å²) in [5.41, 5.74) is 1.20. The number of hydrogen-bond donors (Lipinski definition) is 0. The minimum absolute atomic E-state index is 0.214. The Balaban J connectivity index is 2.52. The molecule has 0 fully saturated rings. The van der Waals surface area contributed by atoms with Crippen LogP contribution in [0.5, 0.6) is 0 Å². The van der Waals surface area contributed by atoms with Crippen LogP contribution < -0.4 is 0 Å². The summed E-state index contributed by atoms with van der Waals surface area (Å²) in [7, 11) is 1.66. The predicted molar refractivity (Wildman–Crippen MR) is 66.5 cm³/mol. The van der Waals surface area contributed by atoms with E-state index in [1.807, 2.05) is 17.2 Å². The zero-order valence-electron chi connectivity index (χ0n) is 9.94. The van der Waals surface area contributed by atoms with Crippen LogP contribution >= 0.6 is 11.3 Å². The van der Waals surface area contributed by atoms with Crippen molar-refractivity contribution in [2.24, 2.45) is 0 Å². The molecule has 90 valence electrons. The van der Waals surface area contributed by atoms with Crippen molar-refractivity contribution in [3.63, 3.8) is 0 Å². The monoisotopic (exact) mass is 241 g/mol. The maximum atomic E-state index is 11.8. The average molecular weight is 241 g/mol. The minimum atomic E-state index is 0.214. The van der Waals surface area contributed by atoms with E-state index in [4.69, 9.17) is 4.74 Å². The molecule has 3 nitrogen and oxygen atoms in total. The second-order valence-corrected chi connectivity index (χ2v) is 4.47. The van der Waals surface area contributed by atoms with Gasteiger partial charge in [0.05, 0.1) is 6.61 Å². The van der Waals surface area contributed by atoms with Gasteiger partial charge in [0, 0.05) is 26.6 Å². The van der Waals surface area contributed by atoms with Gasteiger partial charge in [0.15, 0.2) is 0 Å². The fourth-order valence-electron chi connectivity index (χ4n) is 1.47. The molecule has 0 atom stereocenters. The molecule has 16 heavy (non-hydrogen) atoms. The molecule has 4 heteroatoms. The van der Waals surface area contributed by atoms with Crippen LogP contribution in [0.3, 0.4) is 0 Å². The van der Waals surface area contributed by atoms with Gasteiger partial charge in [-0.3, -0.25) is 4.79 Å². The third kappa shape index (κ3) is 4.33. The van der Waals surface area contributed by atoms with Crippen LogP contribution in [0, 0.1) is 0 Å². The highest BCUT2D eigenvalue weighted by atomic mass is 32.1. The summed E-state index contributed by atoms with van der Waals surface area (Å²) in [5.74, 6) is 0.214. The molecule has 1 aromatic rings. The minimum Gasteiger partial charge on any atom is -0.383 e. The van der Waals surface area contributed by atoms with E-state index >= 15 is 0 Å². The first-order valence-corrected chi connectivity index (χ1v) is 6.50. The molecular weight excluding hydrogens is 222 g/mol. The van der Waals surface area contributed by atoms with Crippen LogP contribution in [0.4, 0.5) is 0 Å². The first-order chi connectivity index (χ1) is 7.77. The van der Waals surface area contributed by atoms with E-state index in [-0.39, 0.29) is 5.91 Å². The normalized spacial score (nSPS) is 10.4. The Morgan fingerprint density at radius 1 is 1.56 bits per heavy atom. The third-order valence-corrected chi connectivity index (χ3v) is 3.07. The highest BCUT2D eigenvalue weighted by molar-refractivity contribution is 7.07. The summed E-state index contributed by atoms with van der Waals surface area (Å²) in [4.78, 5) is 13.7. The summed E-state index contributed by atoms with van der Waals surface area (Å²) in [6.07, 6.45) is 1.51. The second-order valence-electron chi connectivity index (χ2n) is 3.69. The summed E-state index contributed by atoms with van der Waals surface area (Å²) >= 11 is 1.66. The van der Waals surface area contributed by atoms with E-state index in [9.17, 15) is 4.79 Å². The number of hydrogen-bond acceptors (Lipinski definition) is 3. The van der Waals surface area contributed by atoms with E-state index in [0.717, 1.165) is 6.42 Å². The largest absolute Gasteiger partial charge is 0.383 e. The molecular formula is C12H19NO2S. The van der Waals surface area contributed by atoms with Crippen LogP contribution in [0.1, 0.15) is 25.3 Å². The Morgan fingerprint density at radius 3 is 2.94 bits per heavy atom. The summed E-state index contributed by atoms with van der Waals surface area (Å²) in [5, 5.41) is 4.12. The van der Waals surface area contributed by atoms with E-state index in [2.05, 4.69) is 11.4 Å². The van der Waals surface area contributed by atoms with Crippen molar-refractivity contribution in [1.29, 1.82) is 0 Å². The topological polar surface area (TPSA) is 29.5 Å². The molecule has 0 saturated heterocycles. The zero-order valence-corrected chi connectivity index (χ0v) is 10.8. The first-order valence-electron chi connectivity index (χ1n) is 5.55. The van der Waals surface area contributed by atoms with Crippen LogP contribution in [-0.4, -0.2) is 31.1 Å². The zero-order chi connectivity index (χ0) is 11.8. The molecule has 0 N–H and O–H groups in total. The van der Waals surface area contributed by atoms with E-state index in [1.165, 1.54) is 5.56 Å². The summed E-state index contributed by atoms with van der Waals surface area (Å²) in [6, 6.07) is 2.06. The van der Waals surface area contributed by atoms with Gasteiger partial charge in [-0.15, -0.1) is 0 Å². The molecule has 0 aliphatic heterocycles. The summed E-state index contributed by atoms with van der Waals surface area (Å²) < 4.78 is 5.03. The van der Waals surface area contributed by atoms with Gasteiger partial charge in [0.1, 0.15) is 0 Å². The molecule has 0 spiro atoms. The van der Waals surface area contributed by atoms with E-state index < -0.39 is 0 Å². The lowest BCUT2D eigenvalue weighted by Gasteiger charge is -2.21. The van der Waals surface area contributed by atoms with Crippen LogP contribution in [0.2, 0.25) is 0 Å². The lowest BCUT2D eigenvalue weighted by molar-refractivity contribution is -0.132. The number of nitrogens with zero attached hydrogens (tertiary/aromatic N) is 1. The molecule has 0 bridgehead atoms. The van der Waals surface area contributed by atoms with Gasteiger partial charge in [-0.25, -0.2) is 0 Å². The van der Waals surface area contributed by atoms with Gasteiger partial charge in [0.25, 0.3) is 0 Å². The molecule has 0 aliphatic rings. The lowest BCUT2D eigenvalue weighted by atomic mass is 10.2. The molecule has 1 aromatic heterocycles. The van der Waals surface area contributed by atoms with Crippen molar-refractivity contribution < 1.29 is 9.53 Å². The number of methoxy groups -OCH3 is 1. The molecule has 0 aliphatic carbocycles. The maximum absolute atomic E-state index is 11.8. The van der Waals surface area contributed by atoms with E-state index in [0.29, 0.717) is 26.1 Å². The number of carbonyl (C=O) groups excluding carboxylic acids is 1. The molecule has 0 saturated carbocycles. The Morgan fingerprint density at radius 2 is 2.38 bits per heavy atom. The quantitative estimate of drug-likeness (QED) is 0.734. The van der Waals surface area contributed by atoms with Crippen LogP contribution in [0.15, 0.2) is 16.8 Å². The first kappa shape index (κ1) is 13.2. The van der Waals surface area contributed by atoms with Gasteiger partial charge < -0.3 is 9.64 Å². The van der Waals surface area contributed by atoms with Crippen LogP contribution in [-0.2, 0) is 16.1 Å². The lowest BCUT2D eigenvalue weighted by Crippen LogP contribution is -2.33. The maximum Gasteiger partial charge on any atom is 0.222 e. The van der Waals surface area contributed by atoms with Gasteiger partial charge in [-0.05, 0) is 28.8 Å². The van der Waals surface area contributed by atoms with Crippen LogP contribution in [0.25, 0.3) is 0 Å². The van der Waals surface area contributed by atoms with Crippen molar-refractivity contribution >= 4 is 17.2 Å². The highest BCUT2D eigenvalue weighted by Crippen LogP contribution is 2.10. The van der Waals surface area contributed by atoms with Gasteiger partial charge >= 0.3 is 0 Å². The fraction of sp³-hybridized carbons (Fsp3) is 0.583. The van der Waals surface area contributed by atoms with Gasteiger partial charge in [0.2, 0.25) is 5.91 Å². The van der Waals surface area contributed by atoms with Crippen molar-refractivity contribution in [3.05, 3.63) is 22.4 Å². The predicted octanol–water partition coefficient (Wildman–Crippen LogP) is 2.52. The van der Waals surface area contributed by atoms with Crippen molar-refractivity contribution in [1.82, 2.24) is 4.90 Å². The fourth-order valence-corrected chi connectivity index (χ4v) is 2.13. The second kappa shape index (κ2) is 7.41. The number of rotatable bonds is 7. The Bertz CT molecular complexity index is 298. The number of thiophene rings is 1. The Labute approximate surface area is 101 Å². The molecule has 1 heterocycles. The number of carbonyl (C=O) groups is 1. The van der Waals surface area contributed by atoms with Crippen molar-refractivity contribution in [2.45, 2.75) is 26.3 Å². The summed E-state index contributed by atoms with van der Waals surface area (Å²) in [6.45, 7) is 3.99. The van der Waals surface area contributed by atoms with Gasteiger partial charge in [-0.1, -0.05) is 6.92 Å². The molecule has 1 rings (SSSR count). The Hall–Kier alpha value is -0.870. The van der Waals surface area contributed by atoms with Gasteiger partial charge in [-0.2, -0.15) is 11.3 Å². The standard InChI is InChI=1S/C12H19NO2S/c1-3-4-12(14)13(6-7-15-2)9-11-5-8-16-10-11/h5,8,10H,3-4,6-7,9H2,1-2H3. The molecule has 0 radical (unpaired) electrons. The highest BCUT2D eigenvalue weighted by Gasteiger charge is 2.12. The smallest absolute Gasteiger partial charge is 0.222 e. The van der Waals surface area contributed by atoms with Crippen molar-refractivity contribution in [2.75, 3.05) is 20.3 Å².